The summed E-state index contributed by atoms with van der Waals surface area (Å²) in [6.45, 7) is 0.258. The second-order valence-corrected chi connectivity index (χ2v) is 5.49. The van der Waals surface area contributed by atoms with Gasteiger partial charge in [0.15, 0.2) is 5.76 Å². The number of rotatable bonds is 7. The summed E-state index contributed by atoms with van der Waals surface area (Å²) in [7, 11) is 0. The lowest BCUT2D eigenvalue weighted by molar-refractivity contribution is -0.123. The van der Waals surface area contributed by atoms with Crippen molar-refractivity contribution < 1.29 is 18.4 Å². The van der Waals surface area contributed by atoms with Crippen LogP contribution in [0.3, 0.4) is 0 Å². The quantitative estimate of drug-likeness (QED) is 0.693. The number of amides is 2. The molecule has 6 heteroatoms. The number of hydrogen-bond donors (Lipinski definition) is 2. The molecular formula is C19H18N2O4. The van der Waals surface area contributed by atoms with Crippen molar-refractivity contribution >= 4 is 11.8 Å². The minimum absolute atomic E-state index is 0.164. The minimum Gasteiger partial charge on any atom is -0.467 e. The van der Waals surface area contributed by atoms with Gasteiger partial charge in [0.1, 0.15) is 11.8 Å². The highest BCUT2D eigenvalue weighted by Crippen LogP contribution is 2.07. The SMILES string of the molecule is O=C(NC(Cc1ccccc1)C(=O)NCc1ccco1)c1ccco1. The number of benzene rings is 1. The van der Waals surface area contributed by atoms with Gasteiger partial charge in [-0.1, -0.05) is 30.3 Å². The summed E-state index contributed by atoms with van der Waals surface area (Å²) >= 11 is 0. The molecule has 0 spiro atoms. The molecule has 3 rings (SSSR count). The largest absolute Gasteiger partial charge is 0.467 e. The maximum absolute atomic E-state index is 12.5. The number of hydrogen-bond acceptors (Lipinski definition) is 4. The zero-order chi connectivity index (χ0) is 17.5. The highest BCUT2D eigenvalue weighted by Gasteiger charge is 2.23. The molecule has 1 aromatic carbocycles. The van der Waals surface area contributed by atoms with Crippen LogP contribution in [0, 0.1) is 0 Å². The molecule has 0 radical (unpaired) electrons. The molecule has 0 aliphatic rings. The van der Waals surface area contributed by atoms with Crippen LogP contribution < -0.4 is 10.6 Å². The zero-order valence-corrected chi connectivity index (χ0v) is 13.5. The highest BCUT2D eigenvalue weighted by atomic mass is 16.3. The van der Waals surface area contributed by atoms with E-state index in [9.17, 15) is 9.59 Å². The Morgan fingerprint density at radius 3 is 2.36 bits per heavy atom. The van der Waals surface area contributed by atoms with Gasteiger partial charge in [-0.05, 0) is 29.8 Å². The fourth-order valence-corrected chi connectivity index (χ4v) is 2.41. The molecule has 0 saturated heterocycles. The van der Waals surface area contributed by atoms with Crippen LogP contribution in [0.2, 0.25) is 0 Å². The fourth-order valence-electron chi connectivity index (χ4n) is 2.41. The van der Waals surface area contributed by atoms with Crippen LogP contribution in [-0.2, 0) is 17.8 Å². The summed E-state index contributed by atoms with van der Waals surface area (Å²) < 4.78 is 10.3. The topological polar surface area (TPSA) is 84.5 Å². The van der Waals surface area contributed by atoms with Crippen LogP contribution in [-0.4, -0.2) is 17.9 Å². The van der Waals surface area contributed by atoms with Crippen molar-refractivity contribution in [3.05, 3.63) is 84.2 Å². The van der Waals surface area contributed by atoms with E-state index in [1.807, 2.05) is 30.3 Å². The smallest absolute Gasteiger partial charge is 0.287 e. The first kappa shape index (κ1) is 16.6. The first-order valence-corrected chi connectivity index (χ1v) is 7.91. The molecular weight excluding hydrogens is 320 g/mol. The number of nitrogens with one attached hydrogen (secondary N) is 2. The minimum atomic E-state index is -0.727. The van der Waals surface area contributed by atoms with Crippen LogP contribution >= 0.6 is 0 Å². The Morgan fingerprint density at radius 2 is 1.68 bits per heavy atom. The molecule has 0 fully saturated rings. The maximum Gasteiger partial charge on any atom is 0.287 e. The molecule has 1 unspecified atom stereocenters. The van der Waals surface area contributed by atoms with E-state index in [1.165, 1.54) is 6.26 Å². The summed E-state index contributed by atoms with van der Waals surface area (Å²) in [6, 6.07) is 15.5. The van der Waals surface area contributed by atoms with Gasteiger partial charge in [-0.2, -0.15) is 0 Å². The predicted molar refractivity (Wildman–Crippen MR) is 90.7 cm³/mol. The average molecular weight is 338 g/mol. The molecule has 2 aromatic heterocycles. The molecule has 0 aliphatic carbocycles. The van der Waals surface area contributed by atoms with Crippen LogP contribution in [0.1, 0.15) is 21.9 Å². The third kappa shape index (κ3) is 4.60. The fraction of sp³-hybridized carbons (Fsp3) is 0.158. The van der Waals surface area contributed by atoms with Gasteiger partial charge >= 0.3 is 0 Å². The van der Waals surface area contributed by atoms with Crippen molar-refractivity contribution in [1.29, 1.82) is 0 Å². The van der Waals surface area contributed by atoms with Gasteiger partial charge in [-0.15, -0.1) is 0 Å². The summed E-state index contributed by atoms with van der Waals surface area (Å²) in [5, 5.41) is 5.50. The molecule has 2 heterocycles. The summed E-state index contributed by atoms with van der Waals surface area (Å²) in [5.41, 5.74) is 0.945. The second kappa shape index (κ2) is 8.01. The Kier molecular flexibility index (Phi) is 5.31. The van der Waals surface area contributed by atoms with Gasteiger partial charge in [-0.3, -0.25) is 9.59 Å². The van der Waals surface area contributed by atoms with E-state index in [2.05, 4.69) is 10.6 Å². The molecule has 25 heavy (non-hydrogen) atoms. The highest BCUT2D eigenvalue weighted by molar-refractivity contribution is 5.95. The van der Waals surface area contributed by atoms with Crippen molar-refractivity contribution in [3.63, 3.8) is 0 Å². The average Bonchev–Trinajstić information content (AvgIpc) is 3.33. The normalized spacial score (nSPS) is 11.7. The van der Waals surface area contributed by atoms with E-state index < -0.39 is 11.9 Å². The molecule has 128 valence electrons. The van der Waals surface area contributed by atoms with Gasteiger partial charge < -0.3 is 19.5 Å². The first-order valence-electron chi connectivity index (χ1n) is 7.91. The molecule has 3 aromatic rings. The second-order valence-electron chi connectivity index (χ2n) is 5.49. The molecule has 0 aliphatic heterocycles. The lowest BCUT2D eigenvalue weighted by Gasteiger charge is -2.18. The maximum atomic E-state index is 12.5. The van der Waals surface area contributed by atoms with Crippen molar-refractivity contribution in [2.45, 2.75) is 19.0 Å². The molecule has 0 bridgehead atoms. The van der Waals surface area contributed by atoms with E-state index in [0.29, 0.717) is 12.2 Å². The Hall–Kier alpha value is -3.28. The third-order valence-corrected chi connectivity index (χ3v) is 3.67. The van der Waals surface area contributed by atoms with Gasteiger partial charge in [-0.25, -0.2) is 0 Å². The van der Waals surface area contributed by atoms with Crippen LogP contribution in [0.15, 0.2) is 76.0 Å². The van der Waals surface area contributed by atoms with Crippen molar-refractivity contribution in [2.24, 2.45) is 0 Å². The van der Waals surface area contributed by atoms with E-state index in [1.54, 1.807) is 30.5 Å². The van der Waals surface area contributed by atoms with Crippen molar-refractivity contribution in [1.82, 2.24) is 10.6 Å². The number of carbonyl (C=O) groups is 2. The van der Waals surface area contributed by atoms with Gasteiger partial charge in [0.25, 0.3) is 5.91 Å². The lowest BCUT2D eigenvalue weighted by Crippen LogP contribution is -2.47. The predicted octanol–water partition coefficient (Wildman–Crippen LogP) is 2.53. The number of furan rings is 2. The van der Waals surface area contributed by atoms with Gasteiger partial charge in [0.05, 0.1) is 19.1 Å². The van der Waals surface area contributed by atoms with Gasteiger partial charge in [0, 0.05) is 6.42 Å². The summed E-state index contributed by atoms with van der Waals surface area (Å²) in [4.78, 5) is 24.8. The first-order chi connectivity index (χ1) is 12.2. The molecule has 2 amide bonds. The Morgan fingerprint density at radius 1 is 0.920 bits per heavy atom. The lowest BCUT2D eigenvalue weighted by atomic mass is 10.0. The van der Waals surface area contributed by atoms with E-state index in [-0.39, 0.29) is 18.2 Å². The van der Waals surface area contributed by atoms with Gasteiger partial charge in [0.2, 0.25) is 5.91 Å². The van der Waals surface area contributed by atoms with Crippen LogP contribution in [0.5, 0.6) is 0 Å². The monoisotopic (exact) mass is 338 g/mol. The number of carbonyl (C=O) groups excluding carboxylic acids is 2. The van der Waals surface area contributed by atoms with Crippen LogP contribution in [0.25, 0.3) is 0 Å². The van der Waals surface area contributed by atoms with E-state index >= 15 is 0 Å². The van der Waals surface area contributed by atoms with Crippen LogP contribution in [0.4, 0.5) is 0 Å². The Labute approximate surface area is 144 Å². The summed E-state index contributed by atoms with van der Waals surface area (Å²) in [5.74, 6) is 0.0836. The Bertz CT molecular complexity index is 795. The third-order valence-electron chi connectivity index (χ3n) is 3.67. The summed E-state index contributed by atoms with van der Waals surface area (Å²) in [6.07, 6.45) is 3.33. The standard InChI is InChI=1S/C19H18N2O4/c22-18(20-13-15-8-4-10-24-15)16(12-14-6-2-1-3-7-14)21-19(23)17-9-5-11-25-17/h1-11,16H,12-13H2,(H,20,22)(H,21,23). The van der Waals surface area contributed by atoms with E-state index in [0.717, 1.165) is 5.56 Å². The molecule has 2 N–H and O–H groups in total. The van der Waals surface area contributed by atoms with Crippen molar-refractivity contribution in [3.8, 4) is 0 Å². The zero-order valence-electron chi connectivity index (χ0n) is 13.5. The van der Waals surface area contributed by atoms with E-state index in [4.69, 9.17) is 8.83 Å². The van der Waals surface area contributed by atoms with Crippen molar-refractivity contribution in [2.75, 3.05) is 0 Å². The Balaban J connectivity index is 1.68. The molecule has 0 saturated carbocycles. The molecule has 6 nitrogen and oxygen atoms in total. The molecule has 1 atom stereocenters.